The molecule has 158 valence electrons. The Labute approximate surface area is 178 Å². The number of para-hydroxylation sites is 1. The van der Waals surface area contributed by atoms with Crippen LogP contribution < -0.4 is 5.32 Å². The van der Waals surface area contributed by atoms with Gasteiger partial charge in [0.1, 0.15) is 9.90 Å². The lowest BCUT2D eigenvalue weighted by molar-refractivity contribution is -0.117. The molecule has 0 spiro atoms. The second kappa shape index (κ2) is 8.34. The first-order valence-corrected chi connectivity index (χ1v) is 11.8. The van der Waals surface area contributed by atoms with Crippen molar-refractivity contribution in [2.75, 3.05) is 38.0 Å². The van der Waals surface area contributed by atoms with Gasteiger partial charge in [0.25, 0.3) is 0 Å². The van der Waals surface area contributed by atoms with Crippen molar-refractivity contribution in [3.05, 3.63) is 41.0 Å². The van der Waals surface area contributed by atoms with E-state index < -0.39 is 10.0 Å². The Bertz CT molecular complexity index is 1190. The molecule has 2 aromatic heterocycles. The van der Waals surface area contributed by atoms with E-state index >= 15 is 0 Å². The molecule has 3 aromatic rings. The van der Waals surface area contributed by atoms with E-state index in [1.165, 1.54) is 15.6 Å². The molecular formula is C19H22N6O3S2. The van der Waals surface area contributed by atoms with E-state index in [4.69, 9.17) is 0 Å². The van der Waals surface area contributed by atoms with Gasteiger partial charge < -0.3 is 0 Å². The number of carbonyl (C=O) groups excluding carboxylic acids is 1. The average molecular weight is 447 g/mol. The molecule has 3 heterocycles. The maximum Gasteiger partial charge on any atom is 0.245 e. The second-order valence-corrected chi connectivity index (χ2v) is 10.3. The molecule has 0 saturated carbocycles. The highest BCUT2D eigenvalue weighted by molar-refractivity contribution is 7.89. The highest BCUT2D eigenvalue weighted by Crippen LogP contribution is 2.25. The monoisotopic (exact) mass is 446 g/mol. The van der Waals surface area contributed by atoms with Gasteiger partial charge in [-0.05, 0) is 31.5 Å². The molecule has 0 atom stereocenters. The molecule has 4 rings (SSSR count). The molecule has 1 N–H and O–H groups in total. The van der Waals surface area contributed by atoms with E-state index in [1.807, 2.05) is 30.9 Å². The third kappa shape index (κ3) is 4.33. The second-order valence-electron chi connectivity index (χ2n) is 7.20. The normalized spacial score (nSPS) is 16.1. The summed E-state index contributed by atoms with van der Waals surface area (Å²) < 4.78 is 27.9. The van der Waals surface area contributed by atoms with E-state index in [2.05, 4.69) is 20.5 Å². The van der Waals surface area contributed by atoms with Crippen LogP contribution in [0.5, 0.6) is 0 Å². The molecule has 1 fully saturated rings. The number of amides is 1. The minimum absolute atomic E-state index is 0.182. The van der Waals surface area contributed by atoms with Gasteiger partial charge in [0.2, 0.25) is 21.1 Å². The van der Waals surface area contributed by atoms with Crippen molar-refractivity contribution in [2.45, 2.75) is 18.7 Å². The first kappa shape index (κ1) is 20.8. The van der Waals surface area contributed by atoms with Crippen LogP contribution in [-0.2, 0) is 14.8 Å². The van der Waals surface area contributed by atoms with Crippen molar-refractivity contribution in [1.29, 1.82) is 0 Å². The molecule has 0 aliphatic carbocycles. The molecule has 11 heteroatoms. The number of aryl methyl sites for hydroxylation is 2. The zero-order chi connectivity index (χ0) is 21.3. The minimum atomic E-state index is -3.67. The van der Waals surface area contributed by atoms with Crippen molar-refractivity contribution < 1.29 is 13.2 Å². The number of rotatable bonds is 5. The molecule has 0 bridgehead atoms. The molecule has 1 aliphatic heterocycles. The first-order chi connectivity index (χ1) is 14.3. The maximum atomic E-state index is 13.2. The van der Waals surface area contributed by atoms with Crippen molar-refractivity contribution in [2.24, 2.45) is 0 Å². The average Bonchev–Trinajstić information content (AvgIpc) is 3.12. The van der Waals surface area contributed by atoms with E-state index in [9.17, 15) is 13.2 Å². The summed E-state index contributed by atoms with van der Waals surface area (Å²) in [7, 11) is -3.67. The first-order valence-electron chi connectivity index (χ1n) is 9.51. The predicted molar refractivity (Wildman–Crippen MR) is 115 cm³/mol. The Kier molecular flexibility index (Phi) is 5.78. The van der Waals surface area contributed by atoms with Gasteiger partial charge >= 0.3 is 0 Å². The molecule has 1 aliphatic rings. The van der Waals surface area contributed by atoms with Crippen molar-refractivity contribution >= 4 is 43.3 Å². The predicted octanol–water partition coefficient (Wildman–Crippen LogP) is 1.65. The largest absolute Gasteiger partial charge is 0.299 e. The maximum absolute atomic E-state index is 13.2. The zero-order valence-corrected chi connectivity index (χ0v) is 18.3. The third-order valence-corrected chi connectivity index (χ3v) is 7.58. The number of benzene rings is 1. The fourth-order valence-corrected chi connectivity index (χ4v) is 5.62. The summed E-state index contributed by atoms with van der Waals surface area (Å²) >= 11 is 1.32. The van der Waals surface area contributed by atoms with Crippen molar-refractivity contribution in [1.82, 2.24) is 24.4 Å². The lowest BCUT2D eigenvalue weighted by Gasteiger charge is -2.33. The summed E-state index contributed by atoms with van der Waals surface area (Å²) in [6, 6.07) is 7.14. The van der Waals surface area contributed by atoms with Crippen LogP contribution in [0.3, 0.4) is 0 Å². The standard InChI is InChI=1S/C19H22N6O3S2/c1-13-10-15-4-3-5-16(18(15)20-11-13)30(27,28)25-8-6-24(7-9-25)12-17(26)21-19-23-22-14(2)29-19/h3-5,10-11H,6-9,12H2,1-2H3,(H,21,23,26). The quantitative estimate of drug-likeness (QED) is 0.635. The number of sulfonamides is 1. The summed E-state index contributed by atoms with van der Waals surface area (Å²) in [5.41, 5.74) is 1.46. The zero-order valence-electron chi connectivity index (χ0n) is 16.7. The van der Waals surface area contributed by atoms with Gasteiger partial charge in [-0.25, -0.2) is 8.42 Å². The van der Waals surface area contributed by atoms with Gasteiger partial charge in [0, 0.05) is 37.8 Å². The number of carbonyl (C=O) groups is 1. The van der Waals surface area contributed by atoms with Crippen molar-refractivity contribution in [3.63, 3.8) is 0 Å². The van der Waals surface area contributed by atoms with Gasteiger partial charge in [-0.2, -0.15) is 4.31 Å². The fraction of sp³-hybridized carbons (Fsp3) is 0.368. The summed E-state index contributed by atoms with van der Waals surface area (Å²) in [6.07, 6.45) is 1.68. The topological polar surface area (TPSA) is 108 Å². The Morgan fingerprint density at radius 1 is 1.17 bits per heavy atom. The Hall–Kier alpha value is -2.47. The van der Waals surface area contributed by atoms with Gasteiger partial charge in [0.05, 0.1) is 12.1 Å². The molecule has 0 radical (unpaired) electrons. The van der Waals surface area contributed by atoms with Gasteiger partial charge in [-0.3, -0.25) is 20.0 Å². The van der Waals surface area contributed by atoms with Crippen LogP contribution in [0.25, 0.3) is 10.9 Å². The van der Waals surface area contributed by atoms with Gasteiger partial charge in [0.15, 0.2) is 0 Å². The molecule has 30 heavy (non-hydrogen) atoms. The molecule has 0 unspecified atom stereocenters. The number of piperazine rings is 1. The minimum Gasteiger partial charge on any atom is -0.299 e. The smallest absolute Gasteiger partial charge is 0.245 e. The number of aromatic nitrogens is 3. The van der Waals surface area contributed by atoms with Crippen molar-refractivity contribution in [3.8, 4) is 0 Å². The van der Waals surface area contributed by atoms with Crippen LogP contribution in [0, 0.1) is 13.8 Å². The molecule has 1 amide bonds. The number of hydrogen-bond acceptors (Lipinski definition) is 8. The van der Waals surface area contributed by atoms with E-state index in [0.29, 0.717) is 36.8 Å². The SMILES string of the molecule is Cc1cnc2c(S(=O)(=O)N3CCN(CC(=O)Nc4nnc(C)s4)CC3)cccc2c1. The molecular weight excluding hydrogens is 424 g/mol. The summed E-state index contributed by atoms with van der Waals surface area (Å²) in [6.45, 7) is 5.50. The Morgan fingerprint density at radius 2 is 1.93 bits per heavy atom. The Balaban J connectivity index is 1.42. The van der Waals surface area contributed by atoms with Crippen LogP contribution in [0.15, 0.2) is 35.4 Å². The molecule has 1 aromatic carbocycles. The Morgan fingerprint density at radius 3 is 2.63 bits per heavy atom. The van der Waals surface area contributed by atoms with Crippen LogP contribution >= 0.6 is 11.3 Å². The number of anilines is 1. The van der Waals surface area contributed by atoms with Crippen LogP contribution in [-0.4, -0.2) is 71.4 Å². The van der Waals surface area contributed by atoms with Crippen LogP contribution in [0.1, 0.15) is 10.6 Å². The highest BCUT2D eigenvalue weighted by atomic mass is 32.2. The molecule has 1 saturated heterocycles. The van der Waals surface area contributed by atoms with E-state index in [1.54, 1.807) is 18.3 Å². The summed E-state index contributed by atoms with van der Waals surface area (Å²) in [5, 5.41) is 12.5. The lowest BCUT2D eigenvalue weighted by atomic mass is 10.2. The van der Waals surface area contributed by atoms with Gasteiger partial charge in [-0.15, -0.1) is 10.2 Å². The third-order valence-electron chi connectivity index (χ3n) is 4.90. The van der Waals surface area contributed by atoms with E-state index in [0.717, 1.165) is 16.0 Å². The summed E-state index contributed by atoms with van der Waals surface area (Å²) in [5.74, 6) is -0.184. The number of fused-ring (bicyclic) bond motifs is 1. The number of hydrogen-bond donors (Lipinski definition) is 1. The van der Waals surface area contributed by atoms with Crippen LogP contribution in [0.4, 0.5) is 5.13 Å². The fourth-order valence-electron chi connectivity index (χ4n) is 3.43. The number of nitrogens with one attached hydrogen (secondary N) is 1. The lowest BCUT2D eigenvalue weighted by Crippen LogP contribution is -2.50. The molecule has 9 nitrogen and oxygen atoms in total. The number of nitrogens with zero attached hydrogens (tertiary/aromatic N) is 5. The number of pyridine rings is 1. The highest BCUT2D eigenvalue weighted by Gasteiger charge is 2.30. The van der Waals surface area contributed by atoms with E-state index in [-0.39, 0.29) is 17.3 Å². The summed E-state index contributed by atoms with van der Waals surface area (Å²) in [4.78, 5) is 18.7. The van der Waals surface area contributed by atoms with Crippen LogP contribution in [0.2, 0.25) is 0 Å². The van der Waals surface area contributed by atoms with Gasteiger partial charge in [-0.1, -0.05) is 23.5 Å².